The topological polar surface area (TPSA) is 47.6 Å². The molecular weight excluding hydrogens is 326 g/mol. The molecule has 1 amide bonds. The molecule has 0 radical (unpaired) electrons. The molecule has 2 aromatic rings. The van der Waals surface area contributed by atoms with Gasteiger partial charge in [-0.3, -0.25) is 4.79 Å². The van der Waals surface area contributed by atoms with Gasteiger partial charge in [0.25, 0.3) is 5.91 Å². The number of amides is 1. The first-order valence-corrected chi connectivity index (χ1v) is 9.23. The number of aryl methyl sites for hydroxylation is 2. The van der Waals surface area contributed by atoms with Crippen LogP contribution in [-0.4, -0.2) is 25.2 Å². The van der Waals surface area contributed by atoms with Crippen LogP contribution in [0.1, 0.15) is 37.0 Å². The maximum atomic E-state index is 12.2. The van der Waals surface area contributed by atoms with Crippen LogP contribution in [0.4, 0.5) is 0 Å². The van der Waals surface area contributed by atoms with E-state index in [0.717, 1.165) is 35.5 Å². The zero-order valence-electron chi connectivity index (χ0n) is 16.2. The molecule has 140 valence electrons. The van der Waals surface area contributed by atoms with Gasteiger partial charge in [0, 0.05) is 6.54 Å². The monoisotopic (exact) mass is 355 g/mol. The molecule has 0 unspecified atom stereocenters. The minimum absolute atomic E-state index is 0.0856. The fourth-order valence-electron chi connectivity index (χ4n) is 2.66. The molecule has 2 rings (SSSR count). The van der Waals surface area contributed by atoms with Gasteiger partial charge in [-0.15, -0.1) is 0 Å². The standard InChI is InChI=1S/C22H29NO3/c1-5-25-20-13-11-19(12-14-20)9-7-15-23-22(24)18(4)26-21-10-6-8-16(2)17(21)3/h6,8,10-14,18H,5,7,9,15H2,1-4H3,(H,23,24)/t18-/m1/s1. The van der Waals surface area contributed by atoms with Crippen molar-refractivity contribution in [1.82, 2.24) is 5.32 Å². The second-order valence-corrected chi connectivity index (χ2v) is 6.43. The maximum absolute atomic E-state index is 12.2. The first-order chi connectivity index (χ1) is 12.5. The van der Waals surface area contributed by atoms with Crippen molar-refractivity contribution in [3.63, 3.8) is 0 Å². The van der Waals surface area contributed by atoms with Gasteiger partial charge in [-0.1, -0.05) is 24.3 Å². The summed E-state index contributed by atoms with van der Waals surface area (Å²) in [7, 11) is 0. The van der Waals surface area contributed by atoms with Gasteiger partial charge in [0.15, 0.2) is 6.10 Å². The molecule has 1 N–H and O–H groups in total. The van der Waals surface area contributed by atoms with Crippen LogP contribution in [0.25, 0.3) is 0 Å². The third-order valence-electron chi connectivity index (χ3n) is 4.40. The quantitative estimate of drug-likeness (QED) is 0.685. The normalized spacial score (nSPS) is 11.7. The van der Waals surface area contributed by atoms with E-state index < -0.39 is 6.10 Å². The van der Waals surface area contributed by atoms with Gasteiger partial charge in [0.05, 0.1) is 6.61 Å². The smallest absolute Gasteiger partial charge is 0.260 e. The van der Waals surface area contributed by atoms with E-state index in [-0.39, 0.29) is 5.91 Å². The molecule has 2 aromatic carbocycles. The van der Waals surface area contributed by atoms with E-state index in [1.54, 1.807) is 6.92 Å². The molecule has 1 atom stereocenters. The Morgan fingerprint density at radius 3 is 2.54 bits per heavy atom. The molecule has 0 saturated carbocycles. The molecule has 0 saturated heterocycles. The number of hydrogen-bond acceptors (Lipinski definition) is 3. The number of hydrogen-bond donors (Lipinski definition) is 1. The highest BCUT2D eigenvalue weighted by molar-refractivity contribution is 5.80. The van der Waals surface area contributed by atoms with E-state index in [1.165, 1.54) is 5.56 Å². The number of carbonyl (C=O) groups is 1. The summed E-state index contributed by atoms with van der Waals surface area (Å²) in [4.78, 5) is 12.2. The van der Waals surface area contributed by atoms with Crippen molar-refractivity contribution < 1.29 is 14.3 Å². The Morgan fingerprint density at radius 1 is 1.12 bits per heavy atom. The van der Waals surface area contributed by atoms with Gasteiger partial charge < -0.3 is 14.8 Å². The van der Waals surface area contributed by atoms with Crippen molar-refractivity contribution in [2.75, 3.05) is 13.2 Å². The molecule has 4 nitrogen and oxygen atoms in total. The molecule has 0 fully saturated rings. The van der Waals surface area contributed by atoms with Crippen molar-refractivity contribution in [3.8, 4) is 11.5 Å². The summed E-state index contributed by atoms with van der Waals surface area (Å²) in [6.45, 7) is 9.10. The van der Waals surface area contributed by atoms with Crippen molar-refractivity contribution in [1.29, 1.82) is 0 Å². The van der Waals surface area contributed by atoms with E-state index in [1.807, 2.05) is 51.1 Å². The molecule has 4 heteroatoms. The molecule has 0 heterocycles. The molecule has 0 aliphatic carbocycles. The number of ether oxygens (including phenoxy) is 2. The first-order valence-electron chi connectivity index (χ1n) is 9.23. The molecular formula is C22H29NO3. The number of rotatable bonds is 9. The van der Waals surface area contributed by atoms with Crippen molar-refractivity contribution in [2.24, 2.45) is 0 Å². The maximum Gasteiger partial charge on any atom is 0.260 e. The molecule has 0 aliphatic rings. The Bertz CT molecular complexity index is 710. The Balaban J connectivity index is 1.73. The minimum Gasteiger partial charge on any atom is -0.494 e. The Labute approximate surface area is 156 Å². The Hall–Kier alpha value is -2.49. The first kappa shape index (κ1) is 19.8. The van der Waals surface area contributed by atoms with E-state index in [2.05, 4.69) is 17.4 Å². The van der Waals surface area contributed by atoms with Crippen LogP contribution in [0.5, 0.6) is 11.5 Å². The third-order valence-corrected chi connectivity index (χ3v) is 4.40. The van der Waals surface area contributed by atoms with Gasteiger partial charge in [-0.2, -0.15) is 0 Å². The van der Waals surface area contributed by atoms with Crippen molar-refractivity contribution in [3.05, 3.63) is 59.2 Å². The third kappa shape index (κ3) is 5.80. The van der Waals surface area contributed by atoms with Crippen LogP contribution >= 0.6 is 0 Å². The molecule has 0 spiro atoms. The van der Waals surface area contributed by atoms with Crippen LogP contribution in [0.2, 0.25) is 0 Å². The molecule has 0 aliphatic heterocycles. The van der Waals surface area contributed by atoms with Gasteiger partial charge in [0.1, 0.15) is 11.5 Å². The van der Waals surface area contributed by atoms with Crippen LogP contribution in [0, 0.1) is 13.8 Å². The lowest BCUT2D eigenvalue weighted by Gasteiger charge is -2.17. The summed E-state index contributed by atoms with van der Waals surface area (Å²) in [6, 6.07) is 14.0. The number of nitrogens with one attached hydrogen (secondary N) is 1. The van der Waals surface area contributed by atoms with Crippen molar-refractivity contribution in [2.45, 2.75) is 46.6 Å². The van der Waals surface area contributed by atoms with Gasteiger partial charge in [0.2, 0.25) is 0 Å². The summed E-state index contributed by atoms with van der Waals surface area (Å²) < 4.78 is 11.3. The lowest BCUT2D eigenvalue weighted by atomic mass is 10.1. The predicted molar refractivity (Wildman–Crippen MR) is 105 cm³/mol. The van der Waals surface area contributed by atoms with Crippen LogP contribution in [-0.2, 0) is 11.2 Å². The summed E-state index contributed by atoms with van der Waals surface area (Å²) in [5, 5.41) is 2.95. The summed E-state index contributed by atoms with van der Waals surface area (Å²) in [5.41, 5.74) is 3.47. The van der Waals surface area contributed by atoms with E-state index in [9.17, 15) is 4.79 Å². The minimum atomic E-state index is -0.513. The van der Waals surface area contributed by atoms with E-state index in [4.69, 9.17) is 9.47 Å². The van der Waals surface area contributed by atoms with Gasteiger partial charge in [-0.05, 0) is 75.4 Å². The van der Waals surface area contributed by atoms with E-state index in [0.29, 0.717) is 13.2 Å². The van der Waals surface area contributed by atoms with Crippen LogP contribution in [0.15, 0.2) is 42.5 Å². The van der Waals surface area contributed by atoms with Crippen molar-refractivity contribution >= 4 is 5.91 Å². The lowest BCUT2D eigenvalue weighted by molar-refractivity contribution is -0.127. The van der Waals surface area contributed by atoms with Crippen LogP contribution in [0.3, 0.4) is 0 Å². The fourth-order valence-corrected chi connectivity index (χ4v) is 2.66. The van der Waals surface area contributed by atoms with Gasteiger partial charge in [-0.25, -0.2) is 0 Å². The molecule has 0 aromatic heterocycles. The second kappa shape index (κ2) is 9.85. The average molecular weight is 355 g/mol. The summed E-state index contributed by atoms with van der Waals surface area (Å²) in [6.07, 6.45) is 1.29. The highest BCUT2D eigenvalue weighted by Crippen LogP contribution is 2.21. The lowest BCUT2D eigenvalue weighted by Crippen LogP contribution is -2.37. The molecule has 26 heavy (non-hydrogen) atoms. The second-order valence-electron chi connectivity index (χ2n) is 6.43. The van der Waals surface area contributed by atoms with E-state index >= 15 is 0 Å². The summed E-state index contributed by atoms with van der Waals surface area (Å²) >= 11 is 0. The predicted octanol–water partition coefficient (Wildman–Crippen LogP) is 4.22. The zero-order valence-corrected chi connectivity index (χ0v) is 16.2. The molecule has 0 bridgehead atoms. The largest absolute Gasteiger partial charge is 0.494 e. The Morgan fingerprint density at radius 2 is 1.85 bits per heavy atom. The number of benzene rings is 2. The number of carbonyl (C=O) groups excluding carboxylic acids is 1. The Kier molecular flexibility index (Phi) is 7.52. The average Bonchev–Trinajstić information content (AvgIpc) is 2.64. The highest BCUT2D eigenvalue weighted by atomic mass is 16.5. The fraction of sp³-hybridized carbons (Fsp3) is 0.409. The highest BCUT2D eigenvalue weighted by Gasteiger charge is 2.15. The van der Waals surface area contributed by atoms with Crippen LogP contribution < -0.4 is 14.8 Å². The SMILES string of the molecule is CCOc1ccc(CCCNC(=O)[C@@H](C)Oc2cccc(C)c2C)cc1. The zero-order chi connectivity index (χ0) is 18.9. The summed E-state index contributed by atoms with van der Waals surface area (Å²) in [5.74, 6) is 1.57. The van der Waals surface area contributed by atoms with Gasteiger partial charge >= 0.3 is 0 Å².